The SMILES string of the molecule is Cc1cc(F)ccc1C(NN)C1CCC(C)C(C)C1. The van der Waals surface area contributed by atoms with Crippen molar-refractivity contribution < 1.29 is 4.39 Å². The highest BCUT2D eigenvalue weighted by molar-refractivity contribution is 5.30. The molecule has 0 amide bonds. The van der Waals surface area contributed by atoms with Gasteiger partial charge in [-0.25, -0.2) is 4.39 Å². The summed E-state index contributed by atoms with van der Waals surface area (Å²) in [4.78, 5) is 0. The van der Waals surface area contributed by atoms with E-state index in [1.54, 1.807) is 6.07 Å². The number of hydrazine groups is 1. The number of halogens is 1. The summed E-state index contributed by atoms with van der Waals surface area (Å²) in [7, 11) is 0. The van der Waals surface area contributed by atoms with Crippen LogP contribution in [0.5, 0.6) is 0 Å². The van der Waals surface area contributed by atoms with Crippen LogP contribution in [0.3, 0.4) is 0 Å². The molecule has 0 aliphatic heterocycles. The minimum absolute atomic E-state index is 0.135. The van der Waals surface area contributed by atoms with Gasteiger partial charge in [0.05, 0.1) is 0 Å². The third-order valence-corrected chi connectivity index (χ3v) is 4.86. The molecule has 3 N–H and O–H groups in total. The van der Waals surface area contributed by atoms with Crippen LogP contribution in [-0.2, 0) is 0 Å². The Bertz CT molecular complexity index is 433. The van der Waals surface area contributed by atoms with Crippen molar-refractivity contribution in [3.05, 3.63) is 35.1 Å². The smallest absolute Gasteiger partial charge is 0.123 e. The number of nitrogens with two attached hydrogens (primary N) is 1. The molecule has 19 heavy (non-hydrogen) atoms. The zero-order valence-electron chi connectivity index (χ0n) is 12.1. The number of benzene rings is 1. The quantitative estimate of drug-likeness (QED) is 0.645. The van der Waals surface area contributed by atoms with Gasteiger partial charge in [-0.3, -0.25) is 11.3 Å². The van der Waals surface area contributed by atoms with E-state index in [-0.39, 0.29) is 11.9 Å². The molecule has 0 bridgehead atoms. The lowest BCUT2D eigenvalue weighted by Gasteiger charge is -2.37. The van der Waals surface area contributed by atoms with Gasteiger partial charge in [-0.2, -0.15) is 0 Å². The number of nitrogens with one attached hydrogen (secondary N) is 1. The second kappa shape index (κ2) is 6.02. The van der Waals surface area contributed by atoms with Crippen LogP contribution >= 0.6 is 0 Å². The van der Waals surface area contributed by atoms with Crippen molar-refractivity contribution in [1.82, 2.24) is 5.43 Å². The van der Waals surface area contributed by atoms with E-state index in [1.165, 1.54) is 25.3 Å². The number of aryl methyl sites for hydroxylation is 1. The molecule has 2 nitrogen and oxygen atoms in total. The van der Waals surface area contributed by atoms with Gasteiger partial charge in [0.2, 0.25) is 0 Å². The summed E-state index contributed by atoms with van der Waals surface area (Å²) in [5.74, 6) is 7.67. The first-order chi connectivity index (χ1) is 9.02. The van der Waals surface area contributed by atoms with E-state index in [0.29, 0.717) is 5.92 Å². The molecule has 1 saturated carbocycles. The minimum atomic E-state index is -0.178. The van der Waals surface area contributed by atoms with Gasteiger partial charge in [0, 0.05) is 6.04 Å². The third-order valence-electron chi connectivity index (χ3n) is 4.86. The average Bonchev–Trinajstić information content (AvgIpc) is 2.37. The van der Waals surface area contributed by atoms with E-state index in [4.69, 9.17) is 5.84 Å². The fourth-order valence-electron chi connectivity index (χ4n) is 3.36. The summed E-state index contributed by atoms with van der Waals surface area (Å²) in [6.07, 6.45) is 3.63. The molecule has 1 aliphatic rings. The Morgan fingerprint density at radius 2 is 2.00 bits per heavy atom. The summed E-state index contributed by atoms with van der Waals surface area (Å²) < 4.78 is 13.2. The van der Waals surface area contributed by atoms with Gasteiger partial charge in [0.1, 0.15) is 5.82 Å². The molecule has 0 spiro atoms. The Balaban J connectivity index is 2.20. The predicted octanol–water partition coefficient (Wildman–Crippen LogP) is 3.71. The molecule has 0 saturated heterocycles. The number of hydrogen-bond donors (Lipinski definition) is 2. The molecule has 1 aromatic rings. The van der Waals surface area contributed by atoms with Gasteiger partial charge in [0.25, 0.3) is 0 Å². The van der Waals surface area contributed by atoms with E-state index in [1.807, 2.05) is 13.0 Å². The van der Waals surface area contributed by atoms with Gasteiger partial charge in [-0.05, 0) is 60.8 Å². The van der Waals surface area contributed by atoms with Gasteiger partial charge in [-0.1, -0.05) is 26.3 Å². The second-order valence-corrected chi connectivity index (χ2v) is 6.17. The maximum Gasteiger partial charge on any atom is 0.123 e. The fraction of sp³-hybridized carbons (Fsp3) is 0.625. The van der Waals surface area contributed by atoms with Crippen molar-refractivity contribution in [1.29, 1.82) is 0 Å². The largest absolute Gasteiger partial charge is 0.271 e. The van der Waals surface area contributed by atoms with Gasteiger partial charge >= 0.3 is 0 Å². The Labute approximate surface area is 115 Å². The van der Waals surface area contributed by atoms with Crippen LogP contribution in [0.15, 0.2) is 18.2 Å². The molecule has 4 atom stereocenters. The first kappa shape index (κ1) is 14.5. The Morgan fingerprint density at radius 1 is 1.26 bits per heavy atom. The zero-order chi connectivity index (χ0) is 14.0. The summed E-state index contributed by atoms with van der Waals surface area (Å²) >= 11 is 0. The molecule has 2 rings (SSSR count). The van der Waals surface area contributed by atoms with Gasteiger partial charge < -0.3 is 0 Å². The summed E-state index contributed by atoms with van der Waals surface area (Å²) in [5, 5.41) is 0. The first-order valence-electron chi connectivity index (χ1n) is 7.25. The van der Waals surface area contributed by atoms with Crippen molar-refractivity contribution >= 4 is 0 Å². The predicted molar refractivity (Wildman–Crippen MR) is 76.9 cm³/mol. The second-order valence-electron chi connectivity index (χ2n) is 6.17. The molecule has 1 aromatic carbocycles. The first-order valence-corrected chi connectivity index (χ1v) is 7.25. The molecule has 106 valence electrons. The highest BCUT2D eigenvalue weighted by atomic mass is 19.1. The molecule has 1 aliphatic carbocycles. The zero-order valence-corrected chi connectivity index (χ0v) is 12.1. The average molecular weight is 264 g/mol. The topological polar surface area (TPSA) is 38.0 Å². The standard InChI is InChI=1S/C16H25FN2/c1-10-4-5-13(8-11(10)2)16(19-18)15-7-6-14(17)9-12(15)3/h6-7,9-11,13,16,19H,4-5,8,18H2,1-3H3. The molecule has 1 fully saturated rings. The highest BCUT2D eigenvalue weighted by Gasteiger charge is 2.31. The Kier molecular flexibility index (Phi) is 4.58. The molecule has 3 heteroatoms. The van der Waals surface area contributed by atoms with E-state index >= 15 is 0 Å². The third kappa shape index (κ3) is 3.15. The van der Waals surface area contributed by atoms with Crippen molar-refractivity contribution in [3.8, 4) is 0 Å². The van der Waals surface area contributed by atoms with Crippen LogP contribution in [0.2, 0.25) is 0 Å². The fourth-order valence-corrected chi connectivity index (χ4v) is 3.36. The van der Waals surface area contributed by atoms with Gasteiger partial charge in [-0.15, -0.1) is 0 Å². The Hall–Kier alpha value is -0.930. The van der Waals surface area contributed by atoms with Crippen LogP contribution in [0.4, 0.5) is 4.39 Å². The van der Waals surface area contributed by atoms with E-state index in [9.17, 15) is 4.39 Å². The summed E-state index contributed by atoms with van der Waals surface area (Å²) in [6, 6.07) is 5.13. The summed E-state index contributed by atoms with van der Waals surface area (Å²) in [5.41, 5.74) is 5.08. The number of hydrogen-bond acceptors (Lipinski definition) is 2. The Morgan fingerprint density at radius 3 is 2.58 bits per heavy atom. The monoisotopic (exact) mass is 264 g/mol. The van der Waals surface area contributed by atoms with Crippen molar-refractivity contribution in [2.24, 2.45) is 23.6 Å². The van der Waals surface area contributed by atoms with Crippen LogP contribution in [0.1, 0.15) is 50.3 Å². The van der Waals surface area contributed by atoms with Crippen LogP contribution < -0.4 is 11.3 Å². The molecule has 4 unspecified atom stereocenters. The normalized spacial score (nSPS) is 29.2. The lowest BCUT2D eigenvalue weighted by Crippen LogP contribution is -2.37. The lowest BCUT2D eigenvalue weighted by molar-refractivity contribution is 0.171. The van der Waals surface area contributed by atoms with E-state index in [0.717, 1.165) is 23.0 Å². The maximum atomic E-state index is 13.2. The lowest BCUT2D eigenvalue weighted by atomic mass is 9.72. The van der Waals surface area contributed by atoms with Crippen LogP contribution in [0, 0.1) is 30.5 Å². The van der Waals surface area contributed by atoms with Crippen molar-refractivity contribution in [3.63, 3.8) is 0 Å². The number of rotatable bonds is 3. The maximum absolute atomic E-state index is 13.2. The van der Waals surface area contributed by atoms with Crippen LogP contribution in [-0.4, -0.2) is 0 Å². The van der Waals surface area contributed by atoms with Crippen LogP contribution in [0.25, 0.3) is 0 Å². The highest BCUT2D eigenvalue weighted by Crippen LogP contribution is 2.40. The summed E-state index contributed by atoms with van der Waals surface area (Å²) in [6.45, 7) is 6.61. The van der Waals surface area contributed by atoms with Crippen molar-refractivity contribution in [2.75, 3.05) is 0 Å². The molecular formula is C16H25FN2. The van der Waals surface area contributed by atoms with E-state index in [2.05, 4.69) is 19.3 Å². The minimum Gasteiger partial charge on any atom is -0.271 e. The molecule has 0 aromatic heterocycles. The van der Waals surface area contributed by atoms with Crippen molar-refractivity contribution in [2.45, 2.75) is 46.1 Å². The molecule has 0 radical (unpaired) electrons. The molecular weight excluding hydrogens is 239 g/mol. The van der Waals surface area contributed by atoms with Gasteiger partial charge in [0.15, 0.2) is 0 Å². The molecule has 0 heterocycles. The van der Waals surface area contributed by atoms with E-state index < -0.39 is 0 Å².